The van der Waals surface area contributed by atoms with Crippen LogP contribution < -0.4 is 10.2 Å². The Morgan fingerprint density at radius 2 is 1.73 bits per heavy atom. The first-order valence-electron chi connectivity index (χ1n) is 8.06. The molecule has 0 unspecified atom stereocenters. The fraction of sp³-hybridized carbons (Fsp3) is 0.667. The Labute approximate surface area is 131 Å². The minimum Gasteiger partial charge on any atom is -0.340 e. The van der Waals surface area contributed by atoms with Gasteiger partial charge in [-0.2, -0.15) is 0 Å². The van der Waals surface area contributed by atoms with E-state index in [0.29, 0.717) is 6.42 Å². The van der Waals surface area contributed by atoms with Crippen LogP contribution in [0.15, 0.2) is 18.5 Å². The molecule has 1 aromatic rings. The Hall–Kier alpha value is -1.73. The second-order valence-electron chi connectivity index (χ2n) is 5.76. The maximum atomic E-state index is 12.2. The molecular formula is C15H24N6O. The highest BCUT2D eigenvalue weighted by molar-refractivity contribution is 5.76. The molecule has 2 saturated heterocycles. The summed E-state index contributed by atoms with van der Waals surface area (Å²) in [5.41, 5.74) is 0. The lowest BCUT2D eigenvalue weighted by Crippen LogP contribution is -2.49. The summed E-state index contributed by atoms with van der Waals surface area (Å²) in [6.07, 6.45) is 4.18. The molecule has 0 radical (unpaired) electrons. The van der Waals surface area contributed by atoms with Crippen LogP contribution in [0.2, 0.25) is 0 Å². The van der Waals surface area contributed by atoms with Crippen LogP contribution in [-0.2, 0) is 4.79 Å². The van der Waals surface area contributed by atoms with E-state index in [4.69, 9.17) is 0 Å². The molecule has 0 aliphatic carbocycles. The molecule has 1 amide bonds. The van der Waals surface area contributed by atoms with E-state index in [9.17, 15) is 4.79 Å². The maximum absolute atomic E-state index is 12.2. The van der Waals surface area contributed by atoms with Gasteiger partial charge in [-0.15, -0.1) is 0 Å². The number of nitrogens with zero attached hydrogens (tertiary/aromatic N) is 5. The van der Waals surface area contributed by atoms with Gasteiger partial charge in [0, 0.05) is 77.7 Å². The molecule has 22 heavy (non-hydrogen) atoms. The minimum atomic E-state index is 0.287. The van der Waals surface area contributed by atoms with Gasteiger partial charge in [-0.1, -0.05) is 0 Å². The van der Waals surface area contributed by atoms with Gasteiger partial charge in [-0.05, 0) is 6.07 Å². The van der Waals surface area contributed by atoms with E-state index in [-0.39, 0.29) is 5.91 Å². The van der Waals surface area contributed by atoms with E-state index in [1.165, 1.54) is 0 Å². The van der Waals surface area contributed by atoms with Crippen LogP contribution in [0.1, 0.15) is 6.42 Å². The number of aromatic nitrogens is 2. The predicted molar refractivity (Wildman–Crippen MR) is 84.8 cm³/mol. The van der Waals surface area contributed by atoms with Crippen LogP contribution in [0.5, 0.6) is 0 Å². The predicted octanol–water partition coefficient (Wildman–Crippen LogP) is -0.579. The molecule has 1 N–H and O–H groups in total. The lowest BCUT2D eigenvalue weighted by Gasteiger charge is -2.35. The molecule has 2 fully saturated rings. The van der Waals surface area contributed by atoms with Gasteiger partial charge >= 0.3 is 0 Å². The minimum absolute atomic E-state index is 0.287. The van der Waals surface area contributed by atoms with Crippen LogP contribution in [0.4, 0.5) is 5.95 Å². The van der Waals surface area contributed by atoms with Crippen LogP contribution in [0.25, 0.3) is 0 Å². The maximum Gasteiger partial charge on any atom is 0.225 e. The summed E-state index contributed by atoms with van der Waals surface area (Å²) in [6.45, 7) is 8.16. The zero-order valence-corrected chi connectivity index (χ0v) is 12.9. The highest BCUT2D eigenvalue weighted by Crippen LogP contribution is 2.10. The lowest BCUT2D eigenvalue weighted by atomic mass is 10.2. The average Bonchev–Trinajstić information content (AvgIpc) is 2.61. The summed E-state index contributed by atoms with van der Waals surface area (Å²) in [6, 6.07) is 1.83. The SMILES string of the molecule is O=C(CCN1CCN(c2ncccn2)CC1)N1CCNCC1. The molecular weight excluding hydrogens is 280 g/mol. The third-order valence-electron chi connectivity index (χ3n) is 4.32. The molecule has 3 heterocycles. The summed E-state index contributed by atoms with van der Waals surface area (Å²) in [5, 5.41) is 3.27. The monoisotopic (exact) mass is 304 g/mol. The number of carbonyl (C=O) groups excluding carboxylic acids is 1. The van der Waals surface area contributed by atoms with Crippen molar-refractivity contribution in [1.82, 2.24) is 25.1 Å². The van der Waals surface area contributed by atoms with E-state index in [1.807, 2.05) is 11.0 Å². The van der Waals surface area contributed by atoms with Crippen LogP contribution in [0, 0.1) is 0 Å². The van der Waals surface area contributed by atoms with Gasteiger partial charge in [-0.25, -0.2) is 9.97 Å². The fourth-order valence-electron chi connectivity index (χ4n) is 2.95. The van der Waals surface area contributed by atoms with Crippen molar-refractivity contribution in [3.63, 3.8) is 0 Å². The third kappa shape index (κ3) is 3.92. The Kier molecular flexibility index (Phi) is 5.18. The zero-order valence-electron chi connectivity index (χ0n) is 12.9. The summed E-state index contributed by atoms with van der Waals surface area (Å²) in [4.78, 5) is 27.3. The molecule has 2 aliphatic rings. The fourth-order valence-corrected chi connectivity index (χ4v) is 2.95. The number of anilines is 1. The van der Waals surface area contributed by atoms with Crippen molar-refractivity contribution in [2.24, 2.45) is 0 Å². The van der Waals surface area contributed by atoms with Crippen LogP contribution in [0.3, 0.4) is 0 Å². The Balaban J connectivity index is 1.39. The number of carbonyl (C=O) groups is 1. The van der Waals surface area contributed by atoms with Crippen molar-refractivity contribution >= 4 is 11.9 Å². The first-order chi connectivity index (χ1) is 10.8. The molecule has 0 aromatic carbocycles. The highest BCUT2D eigenvalue weighted by atomic mass is 16.2. The van der Waals surface area contributed by atoms with Crippen molar-refractivity contribution in [3.05, 3.63) is 18.5 Å². The van der Waals surface area contributed by atoms with E-state index in [2.05, 4.69) is 25.1 Å². The van der Waals surface area contributed by atoms with Gasteiger partial charge in [0.05, 0.1) is 0 Å². The number of rotatable bonds is 4. The van der Waals surface area contributed by atoms with Crippen molar-refractivity contribution in [2.75, 3.05) is 63.8 Å². The lowest BCUT2D eigenvalue weighted by molar-refractivity contribution is -0.132. The normalized spacial score (nSPS) is 20.2. The summed E-state index contributed by atoms with van der Waals surface area (Å²) in [5.74, 6) is 1.09. The van der Waals surface area contributed by atoms with Gasteiger partial charge in [0.2, 0.25) is 11.9 Å². The molecule has 0 atom stereocenters. The van der Waals surface area contributed by atoms with Crippen molar-refractivity contribution in [3.8, 4) is 0 Å². The topological polar surface area (TPSA) is 64.6 Å². The first-order valence-corrected chi connectivity index (χ1v) is 8.06. The van der Waals surface area contributed by atoms with Gasteiger partial charge < -0.3 is 15.1 Å². The Bertz CT molecular complexity index is 468. The van der Waals surface area contributed by atoms with E-state index in [0.717, 1.165) is 64.9 Å². The van der Waals surface area contributed by atoms with E-state index >= 15 is 0 Å². The molecule has 120 valence electrons. The number of amides is 1. The van der Waals surface area contributed by atoms with Gasteiger partial charge in [0.1, 0.15) is 0 Å². The molecule has 7 heteroatoms. The van der Waals surface area contributed by atoms with Crippen molar-refractivity contribution in [2.45, 2.75) is 6.42 Å². The second kappa shape index (κ2) is 7.51. The van der Waals surface area contributed by atoms with Crippen LogP contribution in [-0.4, -0.2) is 84.6 Å². The van der Waals surface area contributed by atoms with Crippen molar-refractivity contribution < 1.29 is 4.79 Å². The number of piperazine rings is 2. The summed E-state index contributed by atoms with van der Waals surface area (Å²) >= 11 is 0. The molecule has 7 nitrogen and oxygen atoms in total. The van der Waals surface area contributed by atoms with Gasteiger partial charge in [0.15, 0.2) is 0 Å². The smallest absolute Gasteiger partial charge is 0.225 e. The zero-order chi connectivity index (χ0) is 15.2. The second-order valence-corrected chi connectivity index (χ2v) is 5.76. The van der Waals surface area contributed by atoms with E-state index < -0.39 is 0 Å². The highest BCUT2D eigenvalue weighted by Gasteiger charge is 2.21. The number of nitrogens with one attached hydrogen (secondary N) is 1. The van der Waals surface area contributed by atoms with Crippen molar-refractivity contribution in [1.29, 1.82) is 0 Å². The summed E-state index contributed by atoms with van der Waals surface area (Å²) in [7, 11) is 0. The molecule has 1 aromatic heterocycles. The standard InChI is InChI=1S/C15H24N6O/c22-14(20-8-5-16-6-9-20)2-7-19-10-12-21(13-11-19)15-17-3-1-4-18-15/h1,3-4,16H,2,5-13H2. The molecule has 2 aliphatic heterocycles. The number of hydrogen-bond donors (Lipinski definition) is 1. The van der Waals surface area contributed by atoms with Crippen LogP contribution >= 0.6 is 0 Å². The van der Waals surface area contributed by atoms with Gasteiger partial charge in [-0.3, -0.25) is 9.69 Å². The summed E-state index contributed by atoms with van der Waals surface area (Å²) < 4.78 is 0. The Morgan fingerprint density at radius 1 is 1.05 bits per heavy atom. The Morgan fingerprint density at radius 3 is 2.41 bits per heavy atom. The quantitative estimate of drug-likeness (QED) is 0.803. The molecule has 0 saturated carbocycles. The number of hydrogen-bond acceptors (Lipinski definition) is 6. The third-order valence-corrected chi connectivity index (χ3v) is 4.32. The first kappa shape index (κ1) is 15.2. The van der Waals surface area contributed by atoms with Gasteiger partial charge in [0.25, 0.3) is 0 Å². The largest absolute Gasteiger partial charge is 0.340 e. The van der Waals surface area contributed by atoms with E-state index in [1.54, 1.807) is 12.4 Å². The molecule has 0 spiro atoms. The molecule has 3 rings (SSSR count). The average molecular weight is 304 g/mol. The molecule has 0 bridgehead atoms.